The first kappa shape index (κ1) is 10.0. The van der Waals surface area contributed by atoms with Crippen molar-refractivity contribution in [3.05, 3.63) is 5.82 Å². The van der Waals surface area contributed by atoms with Gasteiger partial charge in [-0.3, -0.25) is 4.79 Å². The maximum atomic E-state index is 11.8. The minimum absolute atomic E-state index is 0.0459. The number of carbonyl (C=O) groups excluding carboxylic acids is 1. The number of nitrogens with zero attached hydrogens (tertiary/aromatic N) is 4. The van der Waals surface area contributed by atoms with Crippen molar-refractivity contribution >= 4 is 5.91 Å². The van der Waals surface area contributed by atoms with Gasteiger partial charge in [-0.05, 0) is 17.6 Å². The molecule has 7 nitrogen and oxygen atoms in total. The van der Waals surface area contributed by atoms with Crippen molar-refractivity contribution in [3.8, 4) is 0 Å². The lowest BCUT2D eigenvalue weighted by molar-refractivity contribution is 0.0648. The molecule has 1 aliphatic rings. The van der Waals surface area contributed by atoms with Gasteiger partial charge in [0.05, 0.1) is 0 Å². The quantitative estimate of drug-likeness (QED) is 0.619. The average molecular weight is 210 g/mol. The van der Waals surface area contributed by atoms with Gasteiger partial charge in [-0.25, -0.2) is 0 Å². The van der Waals surface area contributed by atoms with E-state index in [1.165, 1.54) is 0 Å². The number of aromatic amines is 1. The van der Waals surface area contributed by atoms with Crippen molar-refractivity contribution in [1.82, 2.24) is 25.5 Å². The number of nitrogens with one attached hydrogen (secondary N) is 1. The Morgan fingerprint density at radius 2 is 2.40 bits per heavy atom. The van der Waals surface area contributed by atoms with Gasteiger partial charge in [0.15, 0.2) is 0 Å². The highest BCUT2D eigenvalue weighted by Gasteiger charge is 2.28. The number of H-pyrrole nitrogens is 1. The van der Waals surface area contributed by atoms with E-state index in [4.69, 9.17) is 5.73 Å². The van der Waals surface area contributed by atoms with Gasteiger partial charge in [0.2, 0.25) is 0 Å². The number of tetrazole rings is 1. The summed E-state index contributed by atoms with van der Waals surface area (Å²) in [6, 6.07) is 0.0459. The van der Waals surface area contributed by atoms with Crippen LogP contribution in [-0.4, -0.2) is 50.6 Å². The Labute approximate surface area is 87.0 Å². The molecule has 2 unspecified atom stereocenters. The Morgan fingerprint density at radius 3 is 3.00 bits per heavy atom. The summed E-state index contributed by atoms with van der Waals surface area (Å²) in [4.78, 5) is 13.5. The van der Waals surface area contributed by atoms with E-state index in [1.54, 1.807) is 4.90 Å². The smallest absolute Gasteiger partial charge is 0.295 e. The largest absolute Gasteiger partial charge is 0.334 e. The van der Waals surface area contributed by atoms with Crippen LogP contribution in [0.25, 0.3) is 0 Å². The molecule has 1 aromatic heterocycles. The molecule has 0 bridgehead atoms. The second kappa shape index (κ2) is 3.93. The fourth-order valence-electron chi connectivity index (χ4n) is 1.96. The number of aromatic nitrogens is 4. The van der Waals surface area contributed by atoms with Gasteiger partial charge in [-0.15, -0.1) is 10.2 Å². The van der Waals surface area contributed by atoms with Crippen LogP contribution in [0.4, 0.5) is 0 Å². The number of hydrogen-bond acceptors (Lipinski definition) is 5. The van der Waals surface area contributed by atoms with Crippen molar-refractivity contribution in [1.29, 1.82) is 0 Å². The third-order valence-electron chi connectivity index (χ3n) is 2.52. The van der Waals surface area contributed by atoms with Crippen LogP contribution in [0.15, 0.2) is 0 Å². The Kier molecular flexibility index (Phi) is 2.63. The lowest BCUT2D eigenvalue weighted by Gasteiger charge is -2.33. The molecule has 2 heterocycles. The number of carbonyl (C=O) groups is 1. The molecule has 82 valence electrons. The third-order valence-corrected chi connectivity index (χ3v) is 2.52. The van der Waals surface area contributed by atoms with E-state index < -0.39 is 0 Å². The molecule has 2 atom stereocenters. The van der Waals surface area contributed by atoms with Crippen molar-refractivity contribution in [2.24, 2.45) is 11.7 Å². The molecular weight excluding hydrogens is 196 g/mol. The molecule has 1 amide bonds. The minimum Gasteiger partial charge on any atom is -0.334 e. The molecule has 1 saturated heterocycles. The fourth-order valence-corrected chi connectivity index (χ4v) is 1.96. The molecule has 0 radical (unpaired) electrons. The van der Waals surface area contributed by atoms with Crippen LogP contribution >= 0.6 is 0 Å². The van der Waals surface area contributed by atoms with Crippen LogP contribution in [0.3, 0.4) is 0 Å². The molecule has 7 heteroatoms. The molecule has 15 heavy (non-hydrogen) atoms. The molecule has 1 aliphatic heterocycles. The van der Waals surface area contributed by atoms with Crippen molar-refractivity contribution in [3.63, 3.8) is 0 Å². The first-order chi connectivity index (χ1) is 7.16. The SMILES string of the molecule is CC1CC(N)CN(C(=O)c2nn[nH]n2)C1. The second-order valence-corrected chi connectivity index (χ2v) is 4.05. The highest BCUT2D eigenvalue weighted by Crippen LogP contribution is 2.15. The molecule has 0 saturated carbocycles. The van der Waals surface area contributed by atoms with E-state index in [0.717, 1.165) is 6.42 Å². The average Bonchev–Trinajstić information content (AvgIpc) is 2.67. The molecular formula is C8H14N6O. The lowest BCUT2D eigenvalue weighted by atomic mass is 9.96. The molecule has 1 aromatic rings. The lowest BCUT2D eigenvalue weighted by Crippen LogP contribution is -2.49. The second-order valence-electron chi connectivity index (χ2n) is 4.05. The minimum atomic E-state index is -0.203. The van der Waals surface area contributed by atoms with Crippen LogP contribution < -0.4 is 5.73 Å². The summed E-state index contributed by atoms with van der Waals surface area (Å²) in [5.74, 6) is 0.326. The summed E-state index contributed by atoms with van der Waals surface area (Å²) in [5, 5.41) is 12.9. The first-order valence-electron chi connectivity index (χ1n) is 4.95. The third kappa shape index (κ3) is 2.12. The maximum Gasteiger partial charge on any atom is 0.295 e. The van der Waals surface area contributed by atoms with E-state index in [2.05, 4.69) is 27.5 Å². The number of nitrogens with two attached hydrogens (primary N) is 1. The zero-order chi connectivity index (χ0) is 10.8. The molecule has 0 aromatic carbocycles. The van der Waals surface area contributed by atoms with E-state index in [9.17, 15) is 4.79 Å². The van der Waals surface area contributed by atoms with Crippen molar-refractivity contribution in [2.45, 2.75) is 19.4 Å². The van der Waals surface area contributed by atoms with Gasteiger partial charge < -0.3 is 10.6 Å². The Balaban J connectivity index is 2.07. The van der Waals surface area contributed by atoms with E-state index in [-0.39, 0.29) is 17.8 Å². The zero-order valence-electron chi connectivity index (χ0n) is 8.55. The van der Waals surface area contributed by atoms with E-state index in [1.807, 2.05) is 0 Å². The molecule has 3 N–H and O–H groups in total. The van der Waals surface area contributed by atoms with Gasteiger partial charge in [0, 0.05) is 19.1 Å². The van der Waals surface area contributed by atoms with Crippen LogP contribution in [0.2, 0.25) is 0 Å². The van der Waals surface area contributed by atoms with Crippen LogP contribution in [0, 0.1) is 5.92 Å². The van der Waals surface area contributed by atoms with Crippen LogP contribution in [-0.2, 0) is 0 Å². The summed E-state index contributed by atoms with van der Waals surface area (Å²) in [6.07, 6.45) is 0.954. The standard InChI is InChI=1S/C8H14N6O/c1-5-2-6(9)4-14(3-5)8(15)7-10-12-13-11-7/h5-6H,2-4,9H2,1H3,(H,10,11,12,13). The van der Waals surface area contributed by atoms with Crippen molar-refractivity contribution in [2.75, 3.05) is 13.1 Å². The summed E-state index contributed by atoms with van der Waals surface area (Å²) in [7, 11) is 0. The van der Waals surface area contributed by atoms with Gasteiger partial charge in [-0.1, -0.05) is 6.92 Å². The Bertz CT molecular complexity index is 327. The topological polar surface area (TPSA) is 101 Å². The molecule has 2 rings (SSSR count). The Morgan fingerprint density at radius 1 is 1.60 bits per heavy atom. The summed E-state index contributed by atoms with van der Waals surface area (Å²) in [6.45, 7) is 3.36. The number of rotatable bonds is 1. The van der Waals surface area contributed by atoms with Gasteiger partial charge in [0.25, 0.3) is 11.7 Å². The molecule has 0 aliphatic carbocycles. The molecule has 1 fully saturated rings. The monoisotopic (exact) mass is 210 g/mol. The zero-order valence-corrected chi connectivity index (χ0v) is 8.55. The summed E-state index contributed by atoms with van der Waals surface area (Å²) >= 11 is 0. The van der Waals surface area contributed by atoms with Gasteiger partial charge >= 0.3 is 0 Å². The fraction of sp³-hybridized carbons (Fsp3) is 0.750. The molecule has 0 spiro atoms. The number of amides is 1. The Hall–Kier alpha value is -1.50. The summed E-state index contributed by atoms with van der Waals surface area (Å²) < 4.78 is 0. The van der Waals surface area contributed by atoms with Gasteiger partial charge in [-0.2, -0.15) is 5.21 Å². The number of likely N-dealkylation sites (tertiary alicyclic amines) is 1. The predicted octanol–water partition coefficient (Wildman–Crippen LogP) is -0.991. The number of piperidine rings is 1. The highest BCUT2D eigenvalue weighted by molar-refractivity contribution is 5.90. The van der Waals surface area contributed by atoms with Gasteiger partial charge in [0.1, 0.15) is 0 Å². The summed E-state index contributed by atoms with van der Waals surface area (Å²) in [5.41, 5.74) is 5.85. The van der Waals surface area contributed by atoms with Crippen molar-refractivity contribution < 1.29 is 4.79 Å². The van der Waals surface area contributed by atoms with E-state index >= 15 is 0 Å². The first-order valence-corrected chi connectivity index (χ1v) is 4.95. The van der Waals surface area contributed by atoms with Crippen LogP contribution in [0.1, 0.15) is 24.0 Å². The predicted molar refractivity (Wildman–Crippen MR) is 51.8 cm³/mol. The van der Waals surface area contributed by atoms with E-state index in [0.29, 0.717) is 19.0 Å². The maximum absolute atomic E-state index is 11.8. The van der Waals surface area contributed by atoms with Crippen LogP contribution in [0.5, 0.6) is 0 Å². The number of hydrogen-bond donors (Lipinski definition) is 2. The normalized spacial score (nSPS) is 26.7. The highest BCUT2D eigenvalue weighted by atomic mass is 16.2.